The molecule has 0 radical (unpaired) electrons. The zero-order valence-corrected chi connectivity index (χ0v) is 9.83. The molecule has 3 heteroatoms. The third-order valence-electron chi connectivity index (χ3n) is 1.86. The first kappa shape index (κ1) is 12.5. The third-order valence-corrected chi connectivity index (χ3v) is 2.21. The summed E-state index contributed by atoms with van der Waals surface area (Å²) in [7, 11) is 0. The lowest BCUT2D eigenvalue weighted by molar-refractivity contribution is -0.137. The van der Waals surface area contributed by atoms with Crippen LogP contribution in [0.4, 0.5) is 0 Å². The highest BCUT2D eigenvalue weighted by molar-refractivity contribution is 6.32. The van der Waals surface area contributed by atoms with Crippen LogP contribution < -0.4 is 0 Å². The van der Waals surface area contributed by atoms with Gasteiger partial charge in [0.2, 0.25) is 0 Å². The molecule has 0 amide bonds. The lowest BCUT2D eigenvalue weighted by Crippen LogP contribution is -2.04. The molecule has 0 heterocycles. The van der Waals surface area contributed by atoms with Crippen LogP contribution in [0.15, 0.2) is 42.5 Å². The van der Waals surface area contributed by atoms with Gasteiger partial charge >= 0.3 is 5.97 Å². The van der Waals surface area contributed by atoms with Crippen molar-refractivity contribution in [2.24, 2.45) is 0 Å². The van der Waals surface area contributed by atoms with E-state index in [9.17, 15) is 4.79 Å². The van der Waals surface area contributed by atoms with Gasteiger partial charge in [-0.3, -0.25) is 0 Å². The number of carbonyl (C=O) groups excluding carboxylic acids is 1. The van der Waals surface area contributed by atoms with Crippen molar-refractivity contribution in [3.05, 3.63) is 53.1 Å². The summed E-state index contributed by atoms with van der Waals surface area (Å²) in [5, 5.41) is 0.671. The van der Waals surface area contributed by atoms with E-state index in [1.54, 1.807) is 19.1 Å². The Kier molecular flexibility index (Phi) is 4.80. The summed E-state index contributed by atoms with van der Waals surface area (Å²) in [6.07, 6.45) is 3.55. The molecule has 0 aliphatic rings. The number of carbonyl (C=O) groups is 1. The van der Waals surface area contributed by atoms with Crippen LogP contribution in [0.5, 0.6) is 0 Å². The predicted molar refractivity (Wildman–Crippen MR) is 66.3 cm³/mol. The Hall–Kier alpha value is -1.54. The summed E-state index contributed by atoms with van der Waals surface area (Å²) < 4.78 is 4.90. The van der Waals surface area contributed by atoms with Crippen LogP contribution >= 0.6 is 11.6 Å². The number of rotatable bonds is 4. The van der Waals surface area contributed by atoms with E-state index in [1.807, 2.05) is 24.3 Å². The monoisotopic (exact) mass is 236 g/mol. The molecule has 0 atom stereocenters. The second kappa shape index (κ2) is 6.13. The molecule has 84 valence electrons. The SMILES string of the molecule is C=C(C)C(=O)OCC=Cc1ccccc1Cl. The Morgan fingerprint density at radius 1 is 1.50 bits per heavy atom. The van der Waals surface area contributed by atoms with Crippen molar-refractivity contribution in [2.45, 2.75) is 6.92 Å². The number of hydrogen-bond donors (Lipinski definition) is 0. The molecule has 1 rings (SSSR count). The van der Waals surface area contributed by atoms with Crippen molar-refractivity contribution >= 4 is 23.6 Å². The predicted octanol–water partition coefficient (Wildman–Crippen LogP) is 3.47. The van der Waals surface area contributed by atoms with E-state index in [0.29, 0.717) is 10.6 Å². The van der Waals surface area contributed by atoms with E-state index in [-0.39, 0.29) is 12.6 Å². The van der Waals surface area contributed by atoms with Crippen LogP contribution in [0.25, 0.3) is 6.08 Å². The standard InChI is InChI=1S/C13H13ClO2/c1-10(2)13(15)16-9-5-7-11-6-3-4-8-12(11)14/h3-8H,1,9H2,2H3. The van der Waals surface area contributed by atoms with Crippen LogP contribution in [0.3, 0.4) is 0 Å². The molecule has 0 aliphatic carbocycles. The first-order valence-corrected chi connectivity index (χ1v) is 5.23. The minimum Gasteiger partial charge on any atom is -0.458 e. The van der Waals surface area contributed by atoms with E-state index in [0.717, 1.165) is 5.56 Å². The summed E-state index contributed by atoms with van der Waals surface area (Å²) in [6.45, 7) is 5.32. The molecular weight excluding hydrogens is 224 g/mol. The van der Waals surface area contributed by atoms with Gasteiger partial charge in [-0.2, -0.15) is 0 Å². The van der Waals surface area contributed by atoms with Gasteiger partial charge in [0.05, 0.1) is 0 Å². The third kappa shape index (κ3) is 3.91. The Bertz CT molecular complexity index is 422. The van der Waals surface area contributed by atoms with Crippen molar-refractivity contribution in [1.29, 1.82) is 0 Å². The number of esters is 1. The van der Waals surface area contributed by atoms with Crippen LogP contribution in [-0.2, 0) is 9.53 Å². The fraction of sp³-hybridized carbons (Fsp3) is 0.154. The fourth-order valence-electron chi connectivity index (χ4n) is 1.03. The molecule has 1 aromatic rings. The number of hydrogen-bond acceptors (Lipinski definition) is 2. The quantitative estimate of drug-likeness (QED) is 0.591. The maximum atomic E-state index is 11.0. The van der Waals surface area contributed by atoms with Crippen molar-refractivity contribution < 1.29 is 9.53 Å². The van der Waals surface area contributed by atoms with E-state index < -0.39 is 0 Å². The van der Waals surface area contributed by atoms with Crippen molar-refractivity contribution in [1.82, 2.24) is 0 Å². The summed E-state index contributed by atoms with van der Waals surface area (Å²) in [6, 6.07) is 7.45. The van der Waals surface area contributed by atoms with Crippen molar-refractivity contribution in [3.8, 4) is 0 Å². The van der Waals surface area contributed by atoms with E-state index in [1.165, 1.54) is 0 Å². The van der Waals surface area contributed by atoms with E-state index >= 15 is 0 Å². The topological polar surface area (TPSA) is 26.3 Å². The molecule has 0 saturated heterocycles. The van der Waals surface area contributed by atoms with Crippen LogP contribution in [0.1, 0.15) is 12.5 Å². The van der Waals surface area contributed by atoms with Gasteiger partial charge in [-0.25, -0.2) is 4.79 Å². The Balaban J connectivity index is 2.47. The molecule has 0 aromatic heterocycles. The minimum absolute atomic E-state index is 0.219. The van der Waals surface area contributed by atoms with Gasteiger partial charge in [-0.1, -0.05) is 42.5 Å². The van der Waals surface area contributed by atoms with Crippen LogP contribution in [0.2, 0.25) is 5.02 Å². The highest BCUT2D eigenvalue weighted by Crippen LogP contribution is 2.15. The molecule has 0 N–H and O–H groups in total. The van der Waals surface area contributed by atoms with Gasteiger partial charge in [0, 0.05) is 10.6 Å². The summed E-state index contributed by atoms with van der Waals surface area (Å²) in [5.74, 6) is -0.385. The van der Waals surface area contributed by atoms with Crippen molar-refractivity contribution in [3.63, 3.8) is 0 Å². The van der Waals surface area contributed by atoms with E-state index in [2.05, 4.69) is 6.58 Å². The number of ether oxygens (including phenoxy) is 1. The summed E-state index contributed by atoms with van der Waals surface area (Å²) in [5.41, 5.74) is 1.29. The Labute approximate surface area is 100 Å². The minimum atomic E-state index is -0.385. The molecule has 1 aromatic carbocycles. The largest absolute Gasteiger partial charge is 0.458 e. The number of halogens is 1. The maximum Gasteiger partial charge on any atom is 0.333 e. The molecular formula is C13H13ClO2. The lowest BCUT2D eigenvalue weighted by Gasteiger charge is -2.00. The zero-order valence-electron chi connectivity index (χ0n) is 9.07. The molecule has 2 nitrogen and oxygen atoms in total. The highest BCUT2D eigenvalue weighted by atomic mass is 35.5. The fourth-order valence-corrected chi connectivity index (χ4v) is 1.23. The average molecular weight is 237 g/mol. The summed E-state index contributed by atoms with van der Waals surface area (Å²) in [4.78, 5) is 11.0. The van der Waals surface area contributed by atoms with Gasteiger partial charge < -0.3 is 4.74 Å². The first-order valence-electron chi connectivity index (χ1n) is 4.85. The molecule has 0 unspecified atom stereocenters. The van der Waals surface area contributed by atoms with E-state index in [4.69, 9.17) is 16.3 Å². The molecule has 0 aliphatic heterocycles. The molecule has 0 spiro atoms. The van der Waals surface area contributed by atoms with Gasteiger partial charge in [-0.15, -0.1) is 0 Å². The van der Waals surface area contributed by atoms with Crippen LogP contribution in [-0.4, -0.2) is 12.6 Å². The lowest BCUT2D eigenvalue weighted by atomic mass is 10.2. The van der Waals surface area contributed by atoms with Crippen molar-refractivity contribution in [2.75, 3.05) is 6.61 Å². The highest BCUT2D eigenvalue weighted by Gasteiger charge is 2.00. The van der Waals surface area contributed by atoms with Gasteiger partial charge in [0.15, 0.2) is 0 Å². The first-order chi connectivity index (χ1) is 7.61. The molecule has 0 fully saturated rings. The smallest absolute Gasteiger partial charge is 0.333 e. The van der Waals surface area contributed by atoms with Gasteiger partial charge in [0.1, 0.15) is 6.61 Å². The average Bonchev–Trinajstić information content (AvgIpc) is 2.26. The Morgan fingerprint density at radius 3 is 2.81 bits per heavy atom. The second-order valence-corrected chi connectivity index (χ2v) is 3.71. The molecule has 16 heavy (non-hydrogen) atoms. The van der Waals surface area contributed by atoms with Crippen LogP contribution in [0, 0.1) is 0 Å². The van der Waals surface area contributed by atoms with Gasteiger partial charge in [0.25, 0.3) is 0 Å². The summed E-state index contributed by atoms with van der Waals surface area (Å²) >= 11 is 5.94. The molecule has 0 saturated carbocycles. The maximum absolute atomic E-state index is 11.0. The number of benzene rings is 1. The second-order valence-electron chi connectivity index (χ2n) is 3.30. The normalized spacial score (nSPS) is 10.4. The Morgan fingerprint density at radius 2 is 2.19 bits per heavy atom. The van der Waals surface area contributed by atoms with Gasteiger partial charge in [-0.05, 0) is 24.6 Å². The zero-order chi connectivity index (χ0) is 12.0. The molecule has 0 bridgehead atoms.